The topological polar surface area (TPSA) is 9.23 Å². The number of allylic oxidation sites excluding steroid dienone is 2. The molecule has 3 heteroatoms. The first-order valence-corrected chi connectivity index (χ1v) is 10.0. The van der Waals surface area contributed by atoms with Crippen LogP contribution in [0.3, 0.4) is 0 Å². The Kier molecular flexibility index (Phi) is 9.38. The van der Waals surface area contributed by atoms with Gasteiger partial charge in [0.25, 0.3) is 0 Å². The van der Waals surface area contributed by atoms with E-state index in [9.17, 15) is 0 Å². The monoisotopic (exact) mass is 262 g/mol. The number of alkyl halides is 1. The van der Waals surface area contributed by atoms with Gasteiger partial charge in [-0.15, -0.1) is 11.6 Å². The summed E-state index contributed by atoms with van der Waals surface area (Å²) in [5, 5.41) is 0. The maximum atomic E-state index is 6.02. The first-order valence-electron chi connectivity index (χ1n) is 6.37. The van der Waals surface area contributed by atoms with Crippen LogP contribution in [-0.2, 0) is 4.43 Å². The Morgan fingerprint density at radius 2 is 2.00 bits per heavy atom. The summed E-state index contributed by atoms with van der Waals surface area (Å²) in [5.41, 5.74) is 1.27. The standard InChI is InChI=1S/C13H27ClOSi/c1-5-6-11-16(3,4)15-10-8-7-9-13(2)12-14/h9H,5-8,10-12H2,1-4H3/b13-9+. The molecule has 0 rings (SSSR count). The van der Waals surface area contributed by atoms with Crippen LogP contribution < -0.4 is 0 Å². The summed E-state index contributed by atoms with van der Waals surface area (Å²) in [4.78, 5) is 0. The van der Waals surface area contributed by atoms with Crippen LogP contribution in [0.15, 0.2) is 11.6 Å². The smallest absolute Gasteiger partial charge is 0.186 e. The molecule has 0 unspecified atom stereocenters. The van der Waals surface area contributed by atoms with Crippen LogP contribution in [0.1, 0.15) is 39.5 Å². The first kappa shape index (κ1) is 16.2. The molecule has 0 heterocycles. The van der Waals surface area contributed by atoms with Crippen LogP contribution in [0.4, 0.5) is 0 Å². The quantitative estimate of drug-likeness (QED) is 0.247. The van der Waals surface area contributed by atoms with Crippen molar-refractivity contribution in [1.82, 2.24) is 0 Å². The molecule has 0 fully saturated rings. The van der Waals surface area contributed by atoms with Crippen LogP contribution in [0.2, 0.25) is 19.1 Å². The van der Waals surface area contributed by atoms with E-state index in [1.807, 2.05) is 0 Å². The summed E-state index contributed by atoms with van der Waals surface area (Å²) in [5.74, 6) is 0.650. The van der Waals surface area contributed by atoms with Crippen molar-refractivity contribution in [1.29, 1.82) is 0 Å². The SMILES string of the molecule is CCCC[Si](C)(C)OCCC/C=C(\C)CCl. The highest BCUT2D eigenvalue weighted by atomic mass is 35.5. The highest BCUT2D eigenvalue weighted by molar-refractivity contribution is 6.71. The Hall–Kier alpha value is 0.207. The Morgan fingerprint density at radius 3 is 2.56 bits per heavy atom. The fourth-order valence-corrected chi connectivity index (χ4v) is 3.66. The molecular formula is C13H27ClOSi. The van der Waals surface area contributed by atoms with E-state index in [4.69, 9.17) is 16.0 Å². The van der Waals surface area contributed by atoms with Crippen molar-refractivity contribution < 1.29 is 4.43 Å². The average molecular weight is 263 g/mol. The summed E-state index contributed by atoms with van der Waals surface area (Å²) in [7, 11) is -1.36. The molecule has 0 aromatic carbocycles. The number of rotatable bonds is 9. The van der Waals surface area contributed by atoms with Crippen LogP contribution in [0.5, 0.6) is 0 Å². The predicted octanol–water partition coefficient (Wildman–Crippen LogP) is 4.97. The van der Waals surface area contributed by atoms with Gasteiger partial charge in [-0.3, -0.25) is 0 Å². The molecule has 0 radical (unpaired) electrons. The van der Waals surface area contributed by atoms with Crippen molar-refractivity contribution in [2.45, 2.75) is 58.7 Å². The highest BCUT2D eigenvalue weighted by Gasteiger charge is 2.20. The molecule has 0 bridgehead atoms. The van der Waals surface area contributed by atoms with E-state index in [0.717, 1.165) is 19.4 Å². The minimum Gasteiger partial charge on any atom is -0.417 e. The Balaban J connectivity index is 3.57. The molecular weight excluding hydrogens is 236 g/mol. The molecule has 0 spiro atoms. The molecule has 0 saturated carbocycles. The van der Waals surface area contributed by atoms with Crippen LogP contribution in [0, 0.1) is 0 Å². The summed E-state index contributed by atoms with van der Waals surface area (Å²) in [6.45, 7) is 9.87. The zero-order chi connectivity index (χ0) is 12.4. The highest BCUT2D eigenvalue weighted by Crippen LogP contribution is 2.15. The van der Waals surface area contributed by atoms with Crippen molar-refractivity contribution in [3.05, 3.63) is 11.6 Å². The minimum atomic E-state index is -1.36. The lowest BCUT2D eigenvalue weighted by molar-refractivity contribution is 0.300. The molecule has 0 amide bonds. The van der Waals surface area contributed by atoms with E-state index in [-0.39, 0.29) is 0 Å². The van der Waals surface area contributed by atoms with Gasteiger partial charge in [-0.2, -0.15) is 0 Å². The second kappa shape index (κ2) is 9.26. The lowest BCUT2D eigenvalue weighted by atomic mass is 10.2. The van der Waals surface area contributed by atoms with Gasteiger partial charge in [0.2, 0.25) is 0 Å². The molecule has 16 heavy (non-hydrogen) atoms. The predicted molar refractivity (Wildman–Crippen MR) is 76.9 cm³/mol. The van der Waals surface area contributed by atoms with Crippen molar-refractivity contribution in [2.24, 2.45) is 0 Å². The van der Waals surface area contributed by atoms with Crippen molar-refractivity contribution in [2.75, 3.05) is 12.5 Å². The molecule has 1 nitrogen and oxygen atoms in total. The molecule has 0 aliphatic rings. The number of unbranched alkanes of at least 4 members (excludes halogenated alkanes) is 2. The van der Waals surface area contributed by atoms with Gasteiger partial charge < -0.3 is 4.43 Å². The van der Waals surface area contributed by atoms with Gasteiger partial charge in [0.1, 0.15) is 0 Å². The fraction of sp³-hybridized carbons (Fsp3) is 0.846. The van der Waals surface area contributed by atoms with Crippen molar-refractivity contribution in [3.8, 4) is 0 Å². The second-order valence-electron chi connectivity index (χ2n) is 5.04. The average Bonchev–Trinajstić information content (AvgIpc) is 2.25. The molecule has 0 saturated heterocycles. The Morgan fingerprint density at radius 1 is 1.31 bits per heavy atom. The number of hydrogen-bond acceptors (Lipinski definition) is 1. The minimum absolute atomic E-state index is 0.650. The second-order valence-corrected chi connectivity index (χ2v) is 9.61. The zero-order valence-corrected chi connectivity index (χ0v) is 13.1. The van der Waals surface area contributed by atoms with Gasteiger partial charge in [0.15, 0.2) is 8.32 Å². The number of halogens is 1. The molecule has 0 aliphatic heterocycles. The third-order valence-corrected chi connectivity index (χ3v) is 5.64. The van der Waals surface area contributed by atoms with Gasteiger partial charge in [-0.25, -0.2) is 0 Å². The van der Waals surface area contributed by atoms with E-state index in [2.05, 4.69) is 33.0 Å². The first-order chi connectivity index (χ1) is 7.52. The van der Waals surface area contributed by atoms with Crippen LogP contribution in [0.25, 0.3) is 0 Å². The lowest BCUT2D eigenvalue weighted by Gasteiger charge is -2.22. The van der Waals surface area contributed by atoms with E-state index < -0.39 is 8.32 Å². The molecule has 0 atom stereocenters. The van der Waals surface area contributed by atoms with Gasteiger partial charge in [0, 0.05) is 12.5 Å². The maximum absolute atomic E-state index is 6.02. The van der Waals surface area contributed by atoms with Crippen LogP contribution >= 0.6 is 11.6 Å². The van der Waals surface area contributed by atoms with Crippen LogP contribution in [-0.4, -0.2) is 20.8 Å². The van der Waals surface area contributed by atoms with Gasteiger partial charge >= 0.3 is 0 Å². The summed E-state index contributed by atoms with van der Waals surface area (Å²) >= 11 is 5.70. The van der Waals surface area contributed by atoms with Gasteiger partial charge in [0.05, 0.1) is 0 Å². The Bertz CT molecular complexity index is 202. The molecule has 0 aromatic heterocycles. The normalized spacial score (nSPS) is 13.2. The van der Waals surface area contributed by atoms with Crippen molar-refractivity contribution in [3.63, 3.8) is 0 Å². The van der Waals surface area contributed by atoms with E-state index in [1.165, 1.54) is 24.5 Å². The fourth-order valence-electron chi connectivity index (χ4n) is 1.51. The van der Waals surface area contributed by atoms with Gasteiger partial charge in [-0.05, 0) is 38.9 Å². The molecule has 0 N–H and O–H groups in total. The zero-order valence-electron chi connectivity index (χ0n) is 11.3. The van der Waals surface area contributed by atoms with Gasteiger partial charge in [-0.1, -0.05) is 31.4 Å². The molecule has 0 aromatic rings. The van der Waals surface area contributed by atoms with Crippen molar-refractivity contribution >= 4 is 19.9 Å². The largest absolute Gasteiger partial charge is 0.417 e. The van der Waals surface area contributed by atoms with E-state index >= 15 is 0 Å². The van der Waals surface area contributed by atoms with E-state index in [1.54, 1.807) is 0 Å². The number of hydrogen-bond donors (Lipinski definition) is 0. The third kappa shape index (κ3) is 9.43. The Labute approximate surface area is 107 Å². The molecule has 96 valence electrons. The lowest BCUT2D eigenvalue weighted by Crippen LogP contribution is -2.30. The summed E-state index contributed by atoms with van der Waals surface area (Å²) in [6.07, 6.45) is 7.02. The molecule has 0 aliphatic carbocycles. The summed E-state index contributed by atoms with van der Waals surface area (Å²) in [6, 6.07) is 1.29. The summed E-state index contributed by atoms with van der Waals surface area (Å²) < 4.78 is 6.02. The maximum Gasteiger partial charge on any atom is 0.186 e. The van der Waals surface area contributed by atoms with E-state index in [0.29, 0.717) is 5.88 Å². The third-order valence-electron chi connectivity index (χ3n) is 2.68.